The molecule has 0 N–H and O–H groups in total. The summed E-state index contributed by atoms with van der Waals surface area (Å²) in [5.41, 5.74) is 1.77. The molecule has 5 heteroatoms. The van der Waals surface area contributed by atoms with Crippen LogP contribution in [0.4, 0.5) is 0 Å². The molecule has 0 saturated heterocycles. The maximum atomic E-state index is 11.3. The summed E-state index contributed by atoms with van der Waals surface area (Å²) in [6.45, 7) is 2.82. The summed E-state index contributed by atoms with van der Waals surface area (Å²) in [5.74, 6) is -0.274. The van der Waals surface area contributed by atoms with E-state index in [0.29, 0.717) is 18.8 Å². The van der Waals surface area contributed by atoms with E-state index in [-0.39, 0.29) is 12.4 Å². The van der Waals surface area contributed by atoms with Crippen molar-refractivity contribution in [2.24, 2.45) is 0 Å². The highest BCUT2D eigenvalue weighted by atomic mass is 16.5. The first-order chi connectivity index (χ1) is 8.78. The monoisotopic (exact) mass is 245 g/mol. The lowest BCUT2D eigenvalue weighted by molar-refractivity contribution is -0.142. The molecule has 1 aromatic heterocycles. The van der Waals surface area contributed by atoms with Crippen LogP contribution in [0.3, 0.4) is 0 Å². The van der Waals surface area contributed by atoms with Gasteiger partial charge in [-0.2, -0.15) is 0 Å². The predicted molar refractivity (Wildman–Crippen MR) is 65.9 cm³/mol. The van der Waals surface area contributed by atoms with Gasteiger partial charge in [-0.05, 0) is 12.5 Å². The van der Waals surface area contributed by atoms with Crippen LogP contribution in [0.5, 0.6) is 0 Å². The Morgan fingerprint density at radius 3 is 2.83 bits per heavy atom. The van der Waals surface area contributed by atoms with Crippen molar-refractivity contribution in [1.29, 1.82) is 0 Å². The molecule has 1 aromatic carbocycles. The topological polar surface area (TPSA) is 57.0 Å². The Labute approximate surface area is 105 Å². The van der Waals surface area contributed by atoms with Gasteiger partial charge in [0, 0.05) is 6.20 Å². The van der Waals surface area contributed by atoms with Crippen LogP contribution in [0.1, 0.15) is 18.2 Å². The Morgan fingerprint density at radius 1 is 1.33 bits per heavy atom. The van der Waals surface area contributed by atoms with E-state index < -0.39 is 0 Å². The second-order valence-electron chi connectivity index (χ2n) is 3.87. The number of ether oxygens (including phenoxy) is 1. The van der Waals surface area contributed by atoms with Crippen LogP contribution in [-0.4, -0.2) is 27.6 Å². The molecule has 0 aliphatic rings. The Balaban J connectivity index is 1.96. The number of rotatable bonds is 5. The number of benzene rings is 1. The van der Waals surface area contributed by atoms with Crippen LogP contribution in [0.15, 0.2) is 36.5 Å². The third-order valence-electron chi connectivity index (χ3n) is 2.40. The summed E-state index contributed by atoms with van der Waals surface area (Å²) in [6, 6.07) is 9.97. The minimum Gasteiger partial charge on any atom is -0.466 e. The number of aromatic nitrogens is 3. The Morgan fingerprint density at radius 2 is 2.11 bits per heavy atom. The van der Waals surface area contributed by atoms with Gasteiger partial charge < -0.3 is 4.74 Å². The van der Waals surface area contributed by atoms with Crippen molar-refractivity contribution in [3.8, 4) is 0 Å². The minimum absolute atomic E-state index is 0.169. The van der Waals surface area contributed by atoms with Gasteiger partial charge in [-0.1, -0.05) is 35.5 Å². The van der Waals surface area contributed by atoms with Crippen molar-refractivity contribution in [2.75, 3.05) is 6.61 Å². The van der Waals surface area contributed by atoms with Crippen LogP contribution < -0.4 is 0 Å². The Hall–Kier alpha value is -2.17. The van der Waals surface area contributed by atoms with E-state index in [4.69, 9.17) is 4.74 Å². The van der Waals surface area contributed by atoms with E-state index in [1.807, 2.05) is 30.3 Å². The Bertz CT molecular complexity index is 508. The van der Waals surface area contributed by atoms with E-state index in [9.17, 15) is 4.79 Å². The zero-order valence-electron chi connectivity index (χ0n) is 10.2. The molecule has 18 heavy (non-hydrogen) atoms. The summed E-state index contributed by atoms with van der Waals surface area (Å²) >= 11 is 0. The quantitative estimate of drug-likeness (QED) is 0.748. The first-order valence-corrected chi connectivity index (χ1v) is 5.86. The van der Waals surface area contributed by atoms with Gasteiger partial charge in [0.25, 0.3) is 0 Å². The number of hydrogen-bond donors (Lipinski definition) is 0. The van der Waals surface area contributed by atoms with Gasteiger partial charge in [0.2, 0.25) is 0 Å². The molecular weight excluding hydrogens is 230 g/mol. The van der Waals surface area contributed by atoms with Gasteiger partial charge in [-0.25, -0.2) is 4.68 Å². The highest BCUT2D eigenvalue weighted by molar-refractivity contribution is 5.71. The number of hydrogen-bond acceptors (Lipinski definition) is 4. The first-order valence-electron chi connectivity index (χ1n) is 5.86. The smallest absolute Gasteiger partial charge is 0.311 e. The van der Waals surface area contributed by atoms with E-state index in [1.165, 1.54) is 0 Å². The largest absolute Gasteiger partial charge is 0.466 e. The van der Waals surface area contributed by atoms with Crippen LogP contribution in [0.25, 0.3) is 0 Å². The molecule has 0 unspecified atom stereocenters. The highest BCUT2D eigenvalue weighted by Crippen LogP contribution is 2.03. The average Bonchev–Trinajstić information content (AvgIpc) is 2.78. The molecule has 0 saturated carbocycles. The molecule has 0 fully saturated rings. The molecule has 1 heterocycles. The van der Waals surface area contributed by atoms with Crippen molar-refractivity contribution in [2.45, 2.75) is 19.9 Å². The number of esters is 1. The third kappa shape index (κ3) is 3.41. The van der Waals surface area contributed by atoms with Crippen molar-refractivity contribution in [3.63, 3.8) is 0 Å². The lowest BCUT2D eigenvalue weighted by Gasteiger charge is -1.99. The average molecular weight is 245 g/mol. The number of carbonyl (C=O) groups is 1. The van der Waals surface area contributed by atoms with Crippen LogP contribution in [0.2, 0.25) is 0 Å². The van der Waals surface area contributed by atoms with E-state index >= 15 is 0 Å². The van der Waals surface area contributed by atoms with Crippen LogP contribution >= 0.6 is 0 Å². The molecule has 2 aromatic rings. The van der Waals surface area contributed by atoms with Gasteiger partial charge in [0.05, 0.1) is 25.3 Å². The van der Waals surface area contributed by atoms with Gasteiger partial charge >= 0.3 is 5.97 Å². The SMILES string of the molecule is CCOC(=O)Cc1cn(Cc2ccccc2)nn1. The molecule has 0 bridgehead atoms. The van der Waals surface area contributed by atoms with Gasteiger partial charge in [-0.15, -0.1) is 5.10 Å². The van der Waals surface area contributed by atoms with E-state index in [0.717, 1.165) is 5.56 Å². The van der Waals surface area contributed by atoms with Gasteiger partial charge in [-0.3, -0.25) is 4.79 Å². The van der Waals surface area contributed by atoms with Crippen molar-refractivity contribution >= 4 is 5.97 Å². The van der Waals surface area contributed by atoms with Crippen molar-refractivity contribution in [1.82, 2.24) is 15.0 Å². The number of nitrogens with zero attached hydrogens (tertiary/aromatic N) is 3. The van der Waals surface area contributed by atoms with Crippen LogP contribution in [0, 0.1) is 0 Å². The molecule has 0 aliphatic carbocycles. The molecule has 0 radical (unpaired) electrons. The first kappa shape index (κ1) is 12.3. The molecule has 94 valence electrons. The lowest BCUT2D eigenvalue weighted by atomic mass is 10.2. The molecule has 5 nitrogen and oxygen atoms in total. The second kappa shape index (κ2) is 5.95. The normalized spacial score (nSPS) is 10.3. The fraction of sp³-hybridized carbons (Fsp3) is 0.308. The summed E-state index contributed by atoms with van der Waals surface area (Å²) in [6.07, 6.45) is 1.94. The van der Waals surface area contributed by atoms with Crippen molar-refractivity contribution < 1.29 is 9.53 Å². The summed E-state index contributed by atoms with van der Waals surface area (Å²) in [5, 5.41) is 7.93. The van der Waals surface area contributed by atoms with Crippen molar-refractivity contribution in [3.05, 3.63) is 47.8 Å². The summed E-state index contributed by atoms with van der Waals surface area (Å²) < 4.78 is 6.57. The predicted octanol–water partition coefficient (Wildman–Crippen LogP) is 1.43. The van der Waals surface area contributed by atoms with Crippen LogP contribution in [-0.2, 0) is 22.5 Å². The fourth-order valence-corrected chi connectivity index (χ4v) is 1.63. The second-order valence-corrected chi connectivity index (χ2v) is 3.87. The standard InChI is InChI=1S/C13H15N3O2/c1-2-18-13(17)8-12-10-16(15-14-12)9-11-6-4-3-5-7-11/h3-7,10H,2,8-9H2,1H3. The summed E-state index contributed by atoms with van der Waals surface area (Å²) in [7, 11) is 0. The van der Waals surface area contributed by atoms with Gasteiger partial charge in [0.1, 0.15) is 0 Å². The highest BCUT2D eigenvalue weighted by Gasteiger charge is 2.08. The molecule has 0 aliphatic heterocycles. The maximum Gasteiger partial charge on any atom is 0.311 e. The van der Waals surface area contributed by atoms with E-state index in [2.05, 4.69) is 10.3 Å². The molecule has 0 spiro atoms. The van der Waals surface area contributed by atoms with E-state index in [1.54, 1.807) is 17.8 Å². The molecule has 2 rings (SSSR count). The fourth-order valence-electron chi connectivity index (χ4n) is 1.63. The Kier molecular flexibility index (Phi) is 4.06. The van der Waals surface area contributed by atoms with Gasteiger partial charge in [0.15, 0.2) is 0 Å². The maximum absolute atomic E-state index is 11.3. The zero-order valence-corrected chi connectivity index (χ0v) is 10.2. The molecular formula is C13H15N3O2. The minimum atomic E-state index is -0.274. The molecule has 0 atom stereocenters. The summed E-state index contributed by atoms with van der Waals surface area (Å²) in [4.78, 5) is 11.3. The lowest BCUT2D eigenvalue weighted by Crippen LogP contribution is -2.07. The zero-order chi connectivity index (χ0) is 12.8. The molecule has 0 amide bonds. The number of carbonyl (C=O) groups excluding carboxylic acids is 1. The third-order valence-corrected chi connectivity index (χ3v) is 2.40.